The van der Waals surface area contributed by atoms with Crippen molar-refractivity contribution in [3.63, 3.8) is 0 Å². The van der Waals surface area contributed by atoms with E-state index in [0.717, 1.165) is 22.5 Å². The van der Waals surface area contributed by atoms with Gasteiger partial charge in [-0.25, -0.2) is 0 Å². The number of rotatable bonds is 6. The van der Waals surface area contributed by atoms with Gasteiger partial charge in [-0.05, 0) is 53.2 Å². The molecule has 1 N–H and O–H groups in total. The largest absolute Gasteiger partial charge is 0.495 e. The predicted octanol–water partition coefficient (Wildman–Crippen LogP) is 4.40. The van der Waals surface area contributed by atoms with Crippen molar-refractivity contribution in [1.82, 2.24) is 5.32 Å². The van der Waals surface area contributed by atoms with Gasteiger partial charge < -0.3 is 14.8 Å². The molecule has 1 aliphatic heterocycles. The van der Waals surface area contributed by atoms with Crippen molar-refractivity contribution in [3.8, 4) is 11.5 Å². The van der Waals surface area contributed by atoms with E-state index < -0.39 is 0 Å². The molecule has 2 rings (SSSR count). The van der Waals surface area contributed by atoms with E-state index in [1.165, 1.54) is 30.6 Å². The van der Waals surface area contributed by atoms with E-state index in [0.29, 0.717) is 11.3 Å². The van der Waals surface area contributed by atoms with Crippen LogP contribution in [0.25, 0.3) is 0 Å². The number of nitrogens with one attached hydrogen (secondary N) is 1. The van der Waals surface area contributed by atoms with Crippen LogP contribution in [0.2, 0.25) is 0 Å². The summed E-state index contributed by atoms with van der Waals surface area (Å²) < 4.78 is 11.9. The summed E-state index contributed by atoms with van der Waals surface area (Å²) >= 11 is 5.69. The second-order valence-corrected chi connectivity index (χ2v) is 7.28. The van der Waals surface area contributed by atoms with Crippen molar-refractivity contribution >= 4 is 27.7 Å². The van der Waals surface area contributed by atoms with Gasteiger partial charge in [0, 0.05) is 16.9 Å². The van der Waals surface area contributed by atoms with Crippen LogP contribution in [0, 0.1) is 0 Å². The molecular formula is C16H24BrNO2S. The third-order valence-electron chi connectivity index (χ3n) is 3.86. The lowest BCUT2D eigenvalue weighted by Gasteiger charge is -2.32. The highest BCUT2D eigenvalue weighted by Crippen LogP contribution is 2.43. The fourth-order valence-corrected chi connectivity index (χ4v) is 4.98. The van der Waals surface area contributed by atoms with Crippen LogP contribution in [0.3, 0.4) is 0 Å². The molecule has 0 bridgehead atoms. The van der Waals surface area contributed by atoms with E-state index >= 15 is 0 Å². The first-order chi connectivity index (χ1) is 10.2. The van der Waals surface area contributed by atoms with E-state index in [2.05, 4.69) is 46.0 Å². The highest BCUT2D eigenvalue weighted by molar-refractivity contribution is 9.10. The zero-order valence-electron chi connectivity index (χ0n) is 12.9. The predicted molar refractivity (Wildman–Crippen MR) is 93.8 cm³/mol. The molecule has 1 saturated heterocycles. The minimum Gasteiger partial charge on any atom is -0.495 e. The van der Waals surface area contributed by atoms with Gasteiger partial charge >= 0.3 is 0 Å². The molecule has 2 atom stereocenters. The molecule has 1 aliphatic rings. The lowest BCUT2D eigenvalue weighted by atomic mass is 9.98. The van der Waals surface area contributed by atoms with E-state index in [-0.39, 0.29) is 0 Å². The summed E-state index contributed by atoms with van der Waals surface area (Å²) in [6.45, 7) is 3.11. The molecular weight excluding hydrogens is 350 g/mol. The van der Waals surface area contributed by atoms with Gasteiger partial charge in [-0.15, -0.1) is 0 Å². The van der Waals surface area contributed by atoms with Gasteiger partial charge in [0.1, 0.15) is 16.0 Å². The number of benzene rings is 1. The molecule has 3 nitrogen and oxygen atoms in total. The van der Waals surface area contributed by atoms with Crippen LogP contribution in [0.1, 0.15) is 37.8 Å². The fourth-order valence-electron chi connectivity index (χ4n) is 2.85. The SMILES string of the molecule is CCNC(c1ccc(OC)c(Br)c1OC)C1CCCCS1. The Kier molecular flexibility index (Phi) is 6.71. The van der Waals surface area contributed by atoms with Crippen LogP contribution in [0.5, 0.6) is 11.5 Å². The van der Waals surface area contributed by atoms with E-state index in [4.69, 9.17) is 9.47 Å². The van der Waals surface area contributed by atoms with Crippen LogP contribution in [-0.4, -0.2) is 31.8 Å². The second kappa shape index (κ2) is 8.30. The summed E-state index contributed by atoms with van der Waals surface area (Å²) in [6.07, 6.45) is 3.91. The molecule has 118 valence electrons. The maximum Gasteiger partial charge on any atom is 0.141 e. The Hall–Kier alpha value is -0.390. The summed E-state index contributed by atoms with van der Waals surface area (Å²) in [7, 11) is 3.40. The summed E-state index contributed by atoms with van der Waals surface area (Å²) in [6, 6.07) is 4.46. The normalized spacial score (nSPS) is 20.1. The molecule has 0 spiro atoms. The molecule has 0 amide bonds. The Morgan fingerprint density at radius 1 is 1.33 bits per heavy atom. The molecule has 1 heterocycles. The first kappa shape index (κ1) is 17.0. The van der Waals surface area contributed by atoms with E-state index in [1.807, 2.05) is 6.07 Å². The van der Waals surface area contributed by atoms with Gasteiger partial charge in [-0.2, -0.15) is 11.8 Å². The number of hydrogen-bond acceptors (Lipinski definition) is 4. The van der Waals surface area contributed by atoms with Crippen LogP contribution < -0.4 is 14.8 Å². The second-order valence-electron chi connectivity index (χ2n) is 5.14. The maximum absolute atomic E-state index is 5.66. The Bertz CT molecular complexity index is 464. The van der Waals surface area contributed by atoms with Crippen molar-refractivity contribution in [2.24, 2.45) is 0 Å². The highest BCUT2D eigenvalue weighted by Gasteiger charge is 2.28. The first-order valence-electron chi connectivity index (χ1n) is 7.48. The van der Waals surface area contributed by atoms with E-state index in [9.17, 15) is 0 Å². The number of methoxy groups -OCH3 is 2. The van der Waals surface area contributed by atoms with Crippen LogP contribution >= 0.6 is 27.7 Å². The van der Waals surface area contributed by atoms with Crippen LogP contribution in [0.4, 0.5) is 0 Å². The first-order valence-corrected chi connectivity index (χ1v) is 9.32. The minimum absolute atomic E-state index is 0.317. The van der Waals surface area contributed by atoms with Crippen molar-refractivity contribution in [2.45, 2.75) is 37.5 Å². The smallest absolute Gasteiger partial charge is 0.141 e. The molecule has 1 fully saturated rings. The topological polar surface area (TPSA) is 30.5 Å². The number of thioether (sulfide) groups is 1. The molecule has 0 saturated carbocycles. The Morgan fingerprint density at radius 2 is 2.14 bits per heavy atom. The van der Waals surface area contributed by atoms with Gasteiger partial charge in [-0.3, -0.25) is 0 Å². The molecule has 2 unspecified atom stereocenters. The molecule has 21 heavy (non-hydrogen) atoms. The molecule has 0 aromatic heterocycles. The third-order valence-corrected chi connectivity index (χ3v) is 6.07. The average Bonchev–Trinajstić information content (AvgIpc) is 2.53. The maximum atomic E-state index is 5.66. The lowest BCUT2D eigenvalue weighted by molar-refractivity contribution is 0.377. The number of ether oxygens (including phenoxy) is 2. The van der Waals surface area contributed by atoms with Gasteiger partial charge in [0.2, 0.25) is 0 Å². The number of hydrogen-bond donors (Lipinski definition) is 1. The summed E-state index contributed by atoms with van der Waals surface area (Å²) in [5.41, 5.74) is 1.21. The Morgan fingerprint density at radius 3 is 2.71 bits per heavy atom. The van der Waals surface area contributed by atoms with Crippen molar-refractivity contribution < 1.29 is 9.47 Å². The fraction of sp³-hybridized carbons (Fsp3) is 0.625. The van der Waals surface area contributed by atoms with Gasteiger partial charge in [0.15, 0.2) is 0 Å². The van der Waals surface area contributed by atoms with Gasteiger partial charge in [0.05, 0.1) is 14.2 Å². The van der Waals surface area contributed by atoms with Gasteiger partial charge in [0.25, 0.3) is 0 Å². The third kappa shape index (κ3) is 3.88. The molecule has 0 radical (unpaired) electrons. The van der Waals surface area contributed by atoms with Crippen molar-refractivity contribution in [1.29, 1.82) is 0 Å². The Balaban J connectivity index is 2.36. The van der Waals surface area contributed by atoms with Crippen molar-refractivity contribution in [3.05, 3.63) is 22.2 Å². The van der Waals surface area contributed by atoms with E-state index in [1.54, 1.807) is 14.2 Å². The molecule has 5 heteroatoms. The molecule has 0 aliphatic carbocycles. The summed E-state index contributed by atoms with van der Waals surface area (Å²) in [5, 5.41) is 4.25. The quantitative estimate of drug-likeness (QED) is 0.800. The number of halogens is 1. The van der Waals surface area contributed by atoms with Gasteiger partial charge in [-0.1, -0.05) is 13.3 Å². The summed E-state index contributed by atoms with van der Waals surface area (Å²) in [4.78, 5) is 0. The molecule has 1 aromatic carbocycles. The summed E-state index contributed by atoms with van der Waals surface area (Å²) in [5.74, 6) is 2.94. The standard InChI is InChI=1S/C16H24BrNO2S/c1-4-18-15(13-7-5-6-10-21-13)11-8-9-12(19-2)14(17)16(11)20-3/h8-9,13,15,18H,4-7,10H2,1-3H3. The minimum atomic E-state index is 0.317. The van der Waals surface area contributed by atoms with Crippen LogP contribution in [0.15, 0.2) is 16.6 Å². The Labute approximate surface area is 140 Å². The monoisotopic (exact) mass is 373 g/mol. The molecule has 1 aromatic rings. The van der Waals surface area contributed by atoms with Crippen LogP contribution in [-0.2, 0) is 0 Å². The van der Waals surface area contributed by atoms with Crippen molar-refractivity contribution in [2.75, 3.05) is 26.5 Å². The average molecular weight is 374 g/mol. The zero-order chi connectivity index (χ0) is 15.2. The lowest BCUT2D eigenvalue weighted by Crippen LogP contribution is -2.32. The highest BCUT2D eigenvalue weighted by atomic mass is 79.9. The zero-order valence-corrected chi connectivity index (χ0v) is 15.4.